The summed E-state index contributed by atoms with van der Waals surface area (Å²) in [5, 5.41) is 2.86. The average molecular weight is 463 g/mol. The van der Waals surface area contributed by atoms with Gasteiger partial charge in [0.05, 0.1) is 7.11 Å². The zero-order chi connectivity index (χ0) is 22.3. The van der Waals surface area contributed by atoms with Gasteiger partial charge in [-0.05, 0) is 40.4 Å². The van der Waals surface area contributed by atoms with Crippen molar-refractivity contribution in [2.24, 2.45) is 0 Å². The van der Waals surface area contributed by atoms with E-state index in [1.807, 2.05) is 72.8 Å². The van der Waals surface area contributed by atoms with Crippen molar-refractivity contribution in [1.29, 1.82) is 0 Å². The third kappa shape index (κ3) is 5.43. The summed E-state index contributed by atoms with van der Waals surface area (Å²) < 4.78 is 4.96. The van der Waals surface area contributed by atoms with Gasteiger partial charge in [-0.2, -0.15) is 15.0 Å². The van der Waals surface area contributed by atoms with Gasteiger partial charge in [0.25, 0.3) is 0 Å². The van der Waals surface area contributed by atoms with Crippen molar-refractivity contribution in [2.75, 3.05) is 12.4 Å². The van der Waals surface area contributed by atoms with Gasteiger partial charge in [0, 0.05) is 5.69 Å². The normalized spacial score (nSPS) is 11.6. The van der Waals surface area contributed by atoms with Crippen LogP contribution < -0.4 is 5.32 Å². The molecule has 0 saturated carbocycles. The Morgan fingerprint density at radius 3 is 2.16 bits per heavy atom. The molecule has 0 bridgehead atoms. The smallest absolute Gasteiger partial charge is 0.323 e. The van der Waals surface area contributed by atoms with E-state index >= 15 is 0 Å². The molecule has 0 aliphatic carbocycles. The summed E-state index contributed by atoms with van der Waals surface area (Å²) >= 11 is 7.28. The third-order valence-corrected chi connectivity index (χ3v) is 5.84. The second-order valence-corrected chi connectivity index (χ2v) is 8.12. The van der Waals surface area contributed by atoms with Gasteiger partial charge in [0.15, 0.2) is 5.16 Å². The third-order valence-electron chi connectivity index (χ3n) is 4.58. The van der Waals surface area contributed by atoms with Crippen molar-refractivity contribution in [3.63, 3.8) is 0 Å². The molecule has 6 nitrogen and oxygen atoms in total. The van der Waals surface area contributed by atoms with Crippen LogP contribution in [0.15, 0.2) is 90.1 Å². The molecule has 0 radical (unpaired) electrons. The van der Waals surface area contributed by atoms with Gasteiger partial charge in [0.2, 0.25) is 11.2 Å². The predicted molar refractivity (Wildman–Crippen MR) is 127 cm³/mol. The first-order valence-corrected chi connectivity index (χ1v) is 11.0. The number of carbonyl (C=O) groups excluding carboxylic acids is 1. The summed E-state index contributed by atoms with van der Waals surface area (Å²) in [6, 6.07) is 27.3. The highest BCUT2D eigenvalue weighted by Gasteiger charge is 2.24. The molecular formula is C24H19ClN4O2S. The lowest BCUT2D eigenvalue weighted by Gasteiger charge is -2.14. The minimum absolute atomic E-state index is 0.0302. The van der Waals surface area contributed by atoms with Crippen LogP contribution in [0.3, 0.4) is 0 Å². The maximum Gasteiger partial charge on any atom is 0.323 e. The molecule has 3 aromatic carbocycles. The van der Waals surface area contributed by atoms with Crippen LogP contribution in [0.25, 0.3) is 11.1 Å². The minimum Gasteiger partial charge on any atom is -0.468 e. The lowest BCUT2D eigenvalue weighted by molar-refractivity contribution is -0.140. The number of ether oxygens (including phenoxy) is 1. The Bertz CT molecular complexity index is 1190. The number of nitrogens with one attached hydrogen (secondary N) is 1. The van der Waals surface area contributed by atoms with E-state index in [0.29, 0.717) is 5.16 Å². The molecule has 0 saturated heterocycles. The Labute approximate surface area is 195 Å². The van der Waals surface area contributed by atoms with E-state index in [9.17, 15) is 4.79 Å². The molecule has 0 fully saturated rings. The summed E-state index contributed by atoms with van der Waals surface area (Å²) in [5.74, 6) is -0.111. The zero-order valence-electron chi connectivity index (χ0n) is 17.1. The van der Waals surface area contributed by atoms with Crippen LogP contribution in [0.2, 0.25) is 5.28 Å². The van der Waals surface area contributed by atoms with Crippen LogP contribution in [0.5, 0.6) is 0 Å². The molecule has 1 heterocycles. The zero-order valence-corrected chi connectivity index (χ0v) is 18.7. The van der Waals surface area contributed by atoms with Gasteiger partial charge >= 0.3 is 5.97 Å². The van der Waals surface area contributed by atoms with E-state index in [2.05, 4.69) is 32.4 Å². The monoisotopic (exact) mass is 462 g/mol. The topological polar surface area (TPSA) is 77.0 Å². The molecule has 1 aromatic heterocycles. The van der Waals surface area contributed by atoms with Gasteiger partial charge in [-0.15, -0.1) is 0 Å². The van der Waals surface area contributed by atoms with E-state index in [4.69, 9.17) is 16.3 Å². The molecule has 0 amide bonds. The van der Waals surface area contributed by atoms with Crippen LogP contribution in [-0.4, -0.2) is 28.0 Å². The molecule has 0 aliphatic heterocycles. The lowest BCUT2D eigenvalue weighted by atomic mass is 10.1. The predicted octanol–water partition coefficient (Wildman–Crippen LogP) is 5.94. The largest absolute Gasteiger partial charge is 0.468 e. The fourth-order valence-electron chi connectivity index (χ4n) is 3.04. The van der Waals surface area contributed by atoms with Gasteiger partial charge in [0.1, 0.15) is 5.25 Å². The van der Waals surface area contributed by atoms with Gasteiger partial charge < -0.3 is 10.1 Å². The Hall–Kier alpha value is -3.42. The maximum absolute atomic E-state index is 12.4. The van der Waals surface area contributed by atoms with E-state index in [-0.39, 0.29) is 11.2 Å². The summed E-state index contributed by atoms with van der Waals surface area (Å²) in [6.45, 7) is 0. The van der Waals surface area contributed by atoms with Crippen LogP contribution in [0.1, 0.15) is 10.8 Å². The molecule has 1 unspecified atom stereocenters. The lowest BCUT2D eigenvalue weighted by Crippen LogP contribution is -2.12. The van der Waals surface area contributed by atoms with Crippen LogP contribution in [-0.2, 0) is 9.53 Å². The standard InChI is InChI=1S/C24H19ClN4O2S/c1-31-21(30)20(18-10-6-3-7-11-18)32-24-28-22(25)27-23(29-24)26-19-14-12-17(13-15-19)16-8-4-2-5-9-16/h2-15,20H,1H3,(H,26,27,28,29). The number of benzene rings is 3. The van der Waals surface area contributed by atoms with Crippen LogP contribution in [0, 0.1) is 0 Å². The maximum atomic E-state index is 12.4. The number of rotatable bonds is 7. The fraction of sp³-hybridized carbons (Fsp3) is 0.0833. The molecule has 1 atom stereocenters. The SMILES string of the molecule is COC(=O)C(Sc1nc(Cl)nc(Nc2ccc(-c3ccccc3)cc2)n1)c1ccccc1. The number of esters is 1. The molecule has 4 aromatic rings. The van der Waals surface area contributed by atoms with Crippen LogP contribution >= 0.6 is 23.4 Å². The highest BCUT2D eigenvalue weighted by molar-refractivity contribution is 8.00. The molecular weight excluding hydrogens is 444 g/mol. The Morgan fingerprint density at radius 2 is 1.50 bits per heavy atom. The van der Waals surface area contributed by atoms with Crippen molar-refractivity contribution in [3.05, 3.63) is 95.8 Å². The van der Waals surface area contributed by atoms with Crippen LogP contribution in [0.4, 0.5) is 11.6 Å². The van der Waals surface area contributed by atoms with Crippen molar-refractivity contribution in [1.82, 2.24) is 15.0 Å². The van der Waals surface area contributed by atoms with Crippen molar-refractivity contribution in [3.8, 4) is 11.1 Å². The summed E-state index contributed by atoms with van der Waals surface area (Å²) in [6.07, 6.45) is 0. The molecule has 160 valence electrons. The number of hydrogen-bond donors (Lipinski definition) is 1. The highest BCUT2D eigenvalue weighted by atomic mass is 35.5. The number of hydrogen-bond acceptors (Lipinski definition) is 7. The molecule has 0 aliphatic rings. The Kier molecular flexibility index (Phi) is 6.99. The number of thioether (sulfide) groups is 1. The Balaban J connectivity index is 1.54. The van der Waals surface area contributed by atoms with Crippen molar-refractivity contribution >= 4 is 41.0 Å². The first kappa shape index (κ1) is 21.8. The molecule has 4 rings (SSSR count). The second kappa shape index (κ2) is 10.3. The molecule has 1 N–H and O–H groups in total. The molecule has 0 spiro atoms. The number of aromatic nitrogens is 3. The van der Waals surface area contributed by atoms with Gasteiger partial charge in [-0.3, -0.25) is 4.79 Å². The summed E-state index contributed by atoms with van der Waals surface area (Å²) in [7, 11) is 1.35. The first-order valence-electron chi connectivity index (χ1n) is 9.76. The van der Waals surface area contributed by atoms with E-state index in [1.165, 1.54) is 7.11 Å². The average Bonchev–Trinajstić information content (AvgIpc) is 2.83. The number of nitrogens with zero attached hydrogens (tertiary/aromatic N) is 3. The Morgan fingerprint density at radius 1 is 0.875 bits per heavy atom. The van der Waals surface area contributed by atoms with Crippen molar-refractivity contribution in [2.45, 2.75) is 10.4 Å². The van der Waals surface area contributed by atoms with Crippen molar-refractivity contribution < 1.29 is 9.53 Å². The number of carbonyl (C=O) groups is 1. The van der Waals surface area contributed by atoms with E-state index in [1.54, 1.807) is 0 Å². The number of anilines is 2. The fourth-order valence-corrected chi connectivity index (χ4v) is 4.22. The van der Waals surface area contributed by atoms with E-state index in [0.717, 1.165) is 34.1 Å². The molecule has 8 heteroatoms. The van der Waals surface area contributed by atoms with Gasteiger partial charge in [-0.25, -0.2) is 0 Å². The first-order chi connectivity index (χ1) is 15.6. The number of halogens is 1. The summed E-state index contributed by atoms with van der Waals surface area (Å²) in [4.78, 5) is 25.1. The quantitative estimate of drug-likeness (QED) is 0.269. The van der Waals surface area contributed by atoms with E-state index < -0.39 is 11.2 Å². The molecule has 32 heavy (non-hydrogen) atoms. The second-order valence-electron chi connectivity index (χ2n) is 6.71. The van der Waals surface area contributed by atoms with Gasteiger partial charge in [-0.1, -0.05) is 84.6 Å². The highest BCUT2D eigenvalue weighted by Crippen LogP contribution is 2.35. The minimum atomic E-state index is -0.627. The summed E-state index contributed by atoms with van der Waals surface area (Å²) in [5.41, 5.74) is 3.82. The number of methoxy groups -OCH3 is 1.